The molecule has 0 saturated carbocycles. The van der Waals surface area contributed by atoms with Gasteiger partial charge in [0.05, 0.1) is 0 Å². The summed E-state index contributed by atoms with van der Waals surface area (Å²) in [6.07, 6.45) is 3.16. The minimum absolute atomic E-state index is 0.0904. The first-order chi connectivity index (χ1) is 13.2. The highest BCUT2D eigenvalue weighted by molar-refractivity contribution is 5.92. The average Bonchev–Trinajstić information content (AvgIpc) is 3.33. The Morgan fingerprint density at radius 3 is 2.85 bits per heavy atom. The van der Waals surface area contributed by atoms with Gasteiger partial charge in [-0.25, -0.2) is 0 Å². The number of nitrogens with one attached hydrogen (secondary N) is 2. The molecule has 1 saturated heterocycles. The Morgan fingerprint density at radius 1 is 1.41 bits per heavy atom. The maximum atomic E-state index is 12.1. The zero-order valence-electron chi connectivity index (χ0n) is 15.7. The number of amides is 1. The van der Waals surface area contributed by atoms with Crippen LogP contribution in [0.3, 0.4) is 0 Å². The molecule has 1 aliphatic heterocycles. The van der Waals surface area contributed by atoms with Crippen molar-refractivity contribution in [1.82, 2.24) is 20.4 Å². The lowest BCUT2D eigenvalue weighted by Crippen LogP contribution is -2.34. The van der Waals surface area contributed by atoms with Crippen molar-refractivity contribution in [1.29, 1.82) is 0 Å². The molecule has 0 aliphatic carbocycles. The van der Waals surface area contributed by atoms with Gasteiger partial charge < -0.3 is 15.3 Å². The zero-order chi connectivity index (χ0) is 19.5. The first kappa shape index (κ1) is 20.6. The summed E-state index contributed by atoms with van der Waals surface area (Å²) in [6.45, 7) is 5.58. The number of H-pyrrole nitrogens is 1. The molecule has 1 unspecified atom stereocenters. The molecular weight excluding hydrogens is 344 g/mol. The van der Waals surface area contributed by atoms with Crippen LogP contribution in [0.15, 0.2) is 36.4 Å². The molecule has 0 bridgehead atoms. The topological polar surface area (TPSA) is 98.3 Å². The summed E-state index contributed by atoms with van der Waals surface area (Å²) >= 11 is 0. The van der Waals surface area contributed by atoms with E-state index in [9.17, 15) is 4.79 Å². The number of carbonyl (C=O) groups is 2. The summed E-state index contributed by atoms with van der Waals surface area (Å²) < 4.78 is 0. The highest BCUT2D eigenvalue weighted by Crippen LogP contribution is 2.26. The summed E-state index contributed by atoms with van der Waals surface area (Å²) in [7, 11) is 0. The third kappa shape index (κ3) is 6.53. The van der Waals surface area contributed by atoms with E-state index in [1.165, 1.54) is 12.0 Å². The van der Waals surface area contributed by atoms with Crippen LogP contribution < -0.4 is 5.32 Å². The summed E-state index contributed by atoms with van der Waals surface area (Å²) in [5, 5.41) is 16.9. The first-order valence-corrected chi connectivity index (χ1v) is 9.35. The van der Waals surface area contributed by atoms with Crippen LogP contribution in [0.1, 0.15) is 47.4 Å². The Labute approximate surface area is 159 Å². The second-order valence-electron chi connectivity index (χ2n) is 6.59. The van der Waals surface area contributed by atoms with E-state index < -0.39 is 0 Å². The summed E-state index contributed by atoms with van der Waals surface area (Å²) in [4.78, 5) is 22.9. The third-order valence-corrected chi connectivity index (χ3v) is 4.64. The molecule has 1 aliphatic rings. The molecule has 3 N–H and O–H groups in total. The summed E-state index contributed by atoms with van der Waals surface area (Å²) in [6, 6.07) is 12.5. The van der Waals surface area contributed by atoms with Gasteiger partial charge in [-0.05, 0) is 36.9 Å². The van der Waals surface area contributed by atoms with Gasteiger partial charge in [-0.2, -0.15) is 5.10 Å². The molecule has 0 radical (unpaired) electrons. The van der Waals surface area contributed by atoms with E-state index >= 15 is 0 Å². The van der Waals surface area contributed by atoms with Crippen molar-refractivity contribution in [2.75, 3.05) is 26.2 Å². The Balaban J connectivity index is 0.000000817. The predicted molar refractivity (Wildman–Crippen MR) is 104 cm³/mol. The fourth-order valence-corrected chi connectivity index (χ4v) is 3.33. The van der Waals surface area contributed by atoms with Crippen molar-refractivity contribution in [2.24, 2.45) is 0 Å². The van der Waals surface area contributed by atoms with E-state index in [1.54, 1.807) is 0 Å². The number of carbonyl (C=O) groups excluding carboxylic acids is 1. The fourth-order valence-electron chi connectivity index (χ4n) is 3.33. The van der Waals surface area contributed by atoms with Crippen LogP contribution in [-0.4, -0.2) is 58.8 Å². The lowest BCUT2D eigenvalue weighted by molar-refractivity contribution is -0.122. The number of likely N-dealkylation sites (tertiary alicyclic amines) is 1. The molecule has 7 nitrogen and oxygen atoms in total. The van der Waals surface area contributed by atoms with Crippen LogP contribution in [0, 0.1) is 0 Å². The molecule has 1 amide bonds. The maximum absolute atomic E-state index is 12.1. The van der Waals surface area contributed by atoms with E-state index in [4.69, 9.17) is 9.90 Å². The van der Waals surface area contributed by atoms with Crippen molar-refractivity contribution >= 4 is 12.4 Å². The Morgan fingerprint density at radius 2 is 2.15 bits per heavy atom. The molecule has 146 valence electrons. The van der Waals surface area contributed by atoms with Crippen molar-refractivity contribution in [2.45, 2.75) is 32.1 Å². The average molecular weight is 372 g/mol. The predicted octanol–water partition coefficient (Wildman–Crippen LogP) is 2.28. The van der Waals surface area contributed by atoms with Crippen molar-refractivity contribution < 1.29 is 14.7 Å². The second-order valence-corrected chi connectivity index (χ2v) is 6.59. The van der Waals surface area contributed by atoms with Gasteiger partial charge in [-0.15, -0.1) is 0 Å². The van der Waals surface area contributed by atoms with Crippen LogP contribution >= 0.6 is 0 Å². The Hall–Kier alpha value is -2.67. The van der Waals surface area contributed by atoms with Gasteiger partial charge in [0.2, 0.25) is 0 Å². The molecule has 27 heavy (non-hydrogen) atoms. The molecule has 3 rings (SSSR count). The van der Waals surface area contributed by atoms with Gasteiger partial charge >= 0.3 is 0 Å². The number of hydrogen-bond acceptors (Lipinski definition) is 4. The first-order valence-electron chi connectivity index (χ1n) is 9.35. The zero-order valence-corrected chi connectivity index (χ0v) is 15.7. The quantitative estimate of drug-likeness (QED) is 0.648. The van der Waals surface area contributed by atoms with Gasteiger partial charge in [-0.1, -0.05) is 43.7 Å². The Kier molecular flexibility index (Phi) is 8.51. The van der Waals surface area contributed by atoms with E-state index in [2.05, 4.69) is 57.7 Å². The van der Waals surface area contributed by atoms with Crippen molar-refractivity contribution in [3.8, 4) is 0 Å². The smallest absolute Gasteiger partial charge is 0.290 e. The number of nitrogens with zero attached hydrogens (tertiary/aromatic N) is 2. The van der Waals surface area contributed by atoms with Gasteiger partial charge in [0.15, 0.2) is 0 Å². The minimum Gasteiger partial charge on any atom is -0.483 e. The highest BCUT2D eigenvalue weighted by atomic mass is 16.3. The number of carboxylic acid groups (broad SMARTS) is 1. The molecule has 1 fully saturated rings. The molecule has 1 atom stereocenters. The normalized spacial score (nSPS) is 16.4. The summed E-state index contributed by atoms with van der Waals surface area (Å²) in [5.74, 6) is 0.525. The van der Waals surface area contributed by atoms with Gasteiger partial charge in [0.1, 0.15) is 5.69 Å². The second kappa shape index (κ2) is 11.1. The number of aryl methyl sites for hydroxylation is 1. The fraction of sp³-hybridized carbons (Fsp3) is 0.450. The van der Waals surface area contributed by atoms with Crippen LogP contribution in [0.25, 0.3) is 0 Å². The molecule has 2 heterocycles. The maximum Gasteiger partial charge on any atom is 0.290 e. The Bertz CT molecular complexity index is 702. The van der Waals surface area contributed by atoms with E-state index in [0.29, 0.717) is 18.2 Å². The minimum atomic E-state index is -0.250. The monoisotopic (exact) mass is 372 g/mol. The molecule has 2 aromatic rings. The van der Waals surface area contributed by atoms with E-state index in [-0.39, 0.29) is 12.4 Å². The lowest BCUT2D eigenvalue weighted by atomic mass is 9.99. The van der Waals surface area contributed by atoms with Gasteiger partial charge in [0.25, 0.3) is 12.4 Å². The van der Waals surface area contributed by atoms with Crippen LogP contribution in [0.5, 0.6) is 0 Å². The summed E-state index contributed by atoms with van der Waals surface area (Å²) in [5.41, 5.74) is 2.93. The largest absolute Gasteiger partial charge is 0.483 e. The number of hydrogen-bond donors (Lipinski definition) is 3. The number of aromatic amines is 1. The molecular formula is C20H28N4O3. The van der Waals surface area contributed by atoms with Gasteiger partial charge in [-0.3, -0.25) is 14.7 Å². The van der Waals surface area contributed by atoms with Crippen LogP contribution in [0.2, 0.25) is 0 Å². The SMILES string of the molecule is CCCc1cc(C(=O)NCCN2CCC(c3ccccc3)C2)n[nH]1.O=CO. The van der Waals surface area contributed by atoms with Crippen molar-refractivity contribution in [3.63, 3.8) is 0 Å². The molecule has 7 heteroatoms. The van der Waals surface area contributed by atoms with Crippen LogP contribution in [-0.2, 0) is 11.2 Å². The third-order valence-electron chi connectivity index (χ3n) is 4.64. The van der Waals surface area contributed by atoms with Gasteiger partial charge in [0, 0.05) is 25.3 Å². The standard InChI is InChI=1S/C19H26N4O.CH2O2/c1-2-6-17-13-18(22-21-17)19(24)20-10-12-23-11-9-16(14-23)15-7-4-3-5-8-15;2-1-3/h3-5,7-8,13,16H,2,6,9-12,14H2,1H3,(H,20,24)(H,21,22);1H,(H,2,3). The van der Waals surface area contributed by atoms with Crippen LogP contribution in [0.4, 0.5) is 0 Å². The number of rotatable bonds is 7. The van der Waals surface area contributed by atoms with Crippen molar-refractivity contribution in [3.05, 3.63) is 53.3 Å². The lowest BCUT2D eigenvalue weighted by Gasteiger charge is -2.16. The number of aromatic nitrogens is 2. The van der Waals surface area contributed by atoms with E-state index in [1.807, 2.05) is 6.07 Å². The molecule has 0 spiro atoms. The van der Waals surface area contributed by atoms with E-state index in [0.717, 1.165) is 38.2 Å². The molecule has 1 aromatic carbocycles. The molecule has 1 aromatic heterocycles. The highest BCUT2D eigenvalue weighted by Gasteiger charge is 2.23. The number of benzene rings is 1.